The fourth-order valence-electron chi connectivity index (χ4n) is 2.41. The van der Waals surface area contributed by atoms with Gasteiger partial charge in [-0.1, -0.05) is 30.5 Å². The van der Waals surface area contributed by atoms with Crippen LogP contribution in [0.2, 0.25) is 5.02 Å². The summed E-state index contributed by atoms with van der Waals surface area (Å²) in [6.45, 7) is 0. The summed E-state index contributed by atoms with van der Waals surface area (Å²) in [4.78, 5) is 11.4. The summed E-state index contributed by atoms with van der Waals surface area (Å²) in [5.74, 6) is -0.863. The van der Waals surface area contributed by atoms with E-state index in [1.807, 2.05) is 0 Å². The Labute approximate surface area is 98.7 Å². The summed E-state index contributed by atoms with van der Waals surface area (Å²) < 4.78 is 0. The number of phenols is 1. The smallest absolute Gasteiger partial charge is 0.314 e. The number of hydrogen-bond acceptors (Lipinski definition) is 2. The molecule has 0 saturated heterocycles. The first kappa shape index (κ1) is 11.3. The standard InChI is InChI=1S/C12H13ClO3/c13-9-4-3-8(7-10(9)14)12(11(15)16)5-1-2-6-12/h3-4,7,14H,1-2,5-6H2,(H,15,16). The van der Waals surface area contributed by atoms with Gasteiger partial charge in [-0.15, -0.1) is 0 Å². The molecule has 1 aromatic rings. The molecule has 1 saturated carbocycles. The van der Waals surface area contributed by atoms with Gasteiger partial charge >= 0.3 is 5.97 Å². The van der Waals surface area contributed by atoms with Gasteiger partial charge in [-0.3, -0.25) is 4.79 Å². The lowest BCUT2D eigenvalue weighted by molar-refractivity contribution is -0.143. The molecule has 0 atom stereocenters. The van der Waals surface area contributed by atoms with E-state index in [9.17, 15) is 15.0 Å². The molecular weight excluding hydrogens is 228 g/mol. The topological polar surface area (TPSA) is 57.5 Å². The third-order valence-electron chi connectivity index (χ3n) is 3.37. The maximum atomic E-state index is 11.4. The van der Waals surface area contributed by atoms with Gasteiger partial charge in [0.25, 0.3) is 0 Å². The van der Waals surface area contributed by atoms with E-state index in [0.29, 0.717) is 18.4 Å². The number of carboxylic acid groups (broad SMARTS) is 1. The van der Waals surface area contributed by atoms with Crippen LogP contribution in [0.5, 0.6) is 5.75 Å². The van der Waals surface area contributed by atoms with Gasteiger partial charge < -0.3 is 10.2 Å². The van der Waals surface area contributed by atoms with Crippen molar-refractivity contribution in [3.63, 3.8) is 0 Å². The highest BCUT2D eigenvalue weighted by atomic mass is 35.5. The van der Waals surface area contributed by atoms with Crippen LogP contribution in [-0.2, 0) is 10.2 Å². The zero-order valence-corrected chi connectivity index (χ0v) is 9.50. The highest BCUT2D eigenvalue weighted by Gasteiger charge is 2.43. The third-order valence-corrected chi connectivity index (χ3v) is 3.68. The first-order valence-corrected chi connectivity index (χ1v) is 5.66. The molecule has 4 heteroatoms. The van der Waals surface area contributed by atoms with Gasteiger partial charge in [0.1, 0.15) is 5.75 Å². The number of phenolic OH excluding ortho intramolecular Hbond substituents is 1. The van der Waals surface area contributed by atoms with Gasteiger partial charge in [0.2, 0.25) is 0 Å². The zero-order valence-electron chi connectivity index (χ0n) is 8.74. The van der Waals surface area contributed by atoms with Crippen molar-refractivity contribution in [1.82, 2.24) is 0 Å². The molecule has 1 aliphatic rings. The number of carboxylic acids is 1. The van der Waals surface area contributed by atoms with Crippen LogP contribution in [0.1, 0.15) is 31.2 Å². The number of benzene rings is 1. The third kappa shape index (κ3) is 1.65. The molecule has 86 valence electrons. The quantitative estimate of drug-likeness (QED) is 0.836. The highest BCUT2D eigenvalue weighted by Crippen LogP contribution is 2.43. The van der Waals surface area contributed by atoms with Crippen molar-refractivity contribution >= 4 is 17.6 Å². The van der Waals surface area contributed by atoms with E-state index >= 15 is 0 Å². The first-order valence-electron chi connectivity index (χ1n) is 5.29. The minimum Gasteiger partial charge on any atom is -0.506 e. The van der Waals surface area contributed by atoms with Gasteiger partial charge in [0, 0.05) is 0 Å². The largest absolute Gasteiger partial charge is 0.506 e. The summed E-state index contributed by atoms with van der Waals surface area (Å²) in [7, 11) is 0. The Morgan fingerprint density at radius 3 is 2.44 bits per heavy atom. The van der Waals surface area contributed by atoms with Crippen LogP contribution in [0, 0.1) is 0 Å². The number of rotatable bonds is 2. The summed E-state index contributed by atoms with van der Waals surface area (Å²) in [6, 6.07) is 4.72. The van der Waals surface area contributed by atoms with E-state index in [0.717, 1.165) is 12.8 Å². The van der Waals surface area contributed by atoms with Crippen molar-refractivity contribution in [3.8, 4) is 5.75 Å². The van der Waals surface area contributed by atoms with E-state index in [-0.39, 0.29) is 10.8 Å². The molecule has 16 heavy (non-hydrogen) atoms. The van der Waals surface area contributed by atoms with E-state index in [1.165, 1.54) is 6.07 Å². The summed E-state index contributed by atoms with van der Waals surface area (Å²) in [5.41, 5.74) is -0.179. The zero-order chi connectivity index (χ0) is 11.8. The van der Waals surface area contributed by atoms with Crippen molar-refractivity contribution < 1.29 is 15.0 Å². The fourth-order valence-corrected chi connectivity index (χ4v) is 2.53. The number of hydrogen-bond donors (Lipinski definition) is 2. The first-order chi connectivity index (χ1) is 7.56. The summed E-state index contributed by atoms with van der Waals surface area (Å²) in [6.07, 6.45) is 3.08. The second-order valence-corrected chi connectivity index (χ2v) is 4.67. The molecule has 1 aromatic carbocycles. The normalized spacial score (nSPS) is 18.6. The number of halogens is 1. The van der Waals surface area contributed by atoms with Crippen LogP contribution >= 0.6 is 11.6 Å². The average molecular weight is 241 g/mol. The molecular formula is C12H13ClO3. The Balaban J connectivity index is 2.47. The molecule has 1 fully saturated rings. The summed E-state index contributed by atoms with van der Waals surface area (Å²) in [5, 5.41) is 19.1. The molecule has 0 heterocycles. The van der Waals surface area contributed by atoms with E-state index in [4.69, 9.17) is 11.6 Å². The summed E-state index contributed by atoms with van der Waals surface area (Å²) >= 11 is 5.71. The van der Waals surface area contributed by atoms with E-state index in [1.54, 1.807) is 12.1 Å². The van der Waals surface area contributed by atoms with Gasteiger partial charge in [0.15, 0.2) is 0 Å². The Morgan fingerprint density at radius 2 is 1.94 bits per heavy atom. The molecule has 0 radical (unpaired) electrons. The van der Waals surface area contributed by atoms with Gasteiger partial charge in [-0.05, 0) is 30.5 Å². The molecule has 0 amide bonds. The molecule has 2 rings (SSSR count). The maximum Gasteiger partial charge on any atom is 0.314 e. The monoisotopic (exact) mass is 240 g/mol. The van der Waals surface area contributed by atoms with E-state index in [2.05, 4.69) is 0 Å². The molecule has 0 unspecified atom stereocenters. The van der Waals surface area contributed by atoms with Crippen LogP contribution < -0.4 is 0 Å². The van der Waals surface area contributed by atoms with Gasteiger partial charge in [-0.2, -0.15) is 0 Å². The Kier molecular flexibility index (Phi) is 2.80. The highest BCUT2D eigenvalue weighted by molar-refractivity contribution is 6.32. The number of aliphatic carboxylic acids is 1. The number of aromatic hydroxyl groups is 1. The van der Waals surface area contributed by atoms with E-state index < -0.39 is 11.4 Å². The lowest BCUT2D eigenvalue weighted by Crippen LogP contribution is -2.32. The minimum absolute atomic E-state index is 0.0494. The van der Waals surface area contributed by atoms with Gasteiger partial charge in [0.05, 0.1) is 10.4 Å². The second kappa shape index (κ2) is 3.98. The predicted octanol–water partition coefficient (Wildman–Crippen LogP) is 2.94. The molecule has 3 nitrogen and oxygen atoms in total. The lowest BCUT2D eigenvalue weighted by Gasteiger charge is -2.24. The average Bonchev–Trinajstić information content (AvgIpc) is 2.72. The SMILES string of the molecule is O=C(O)C1(c2ccc(Cl)c(O)c2)CCCC1. The van der Waals surface area contributed by atoms with Crippen LogP contribution in [0.25, 0.3) is 0 Å². The Bertz CT molecular complexity index is 422. The van der Waals surface area contributed by atoms with Crippen molar-refractivity contribution in [1.29, 1.82) is 0 Å². The van der Waals surface area contributed by atoms with Crippen LogP contribution in [0.4, 0.5) is 0 Å². The molecule has 0 aliphatic heterocycles. The van der Waals surface area contributed by atoms with Crippen molar-refractivity contribution in [2.45, 2.75) is 31.1 Å². The lowest BCUT2D eigenvalue weighted by atomic mass is 9.79. The Morgan fingerprint density at radius 1 is 1.31 bits per heavy atom. The molecule has 0 spiro atoms. The van der Waals surface area contributed by atoms with Crippen molar-refractivity contribution in [2.24, 2.45) is 0 Å². The predicted molar refractivity (Wildman–Crippen MR) is 60.9 cm³/mol. The number of carbonyl (C=O) groups is 1. The molecule has 0 aromatic heterocycles. The van der Waals surface area contributed by atoms with Crippen LogP contribution in [-0.4, -0.2) is 16.2 Å². The molecule has 2 N–H and O–H groups in total. The van der Waals surface area contributed by atoms with Crippen molar-refractivity contribution in [3.05, 3.63) is 28.8 Å². The molecule has 0 bridgehead atoms. The fraction of sp³-hybridized carbons (Fsp3) is 0.417. The minimum atomic E-state index is -0.831. The maximum absolute atomic E-state index is 11.4. The van der Waals surface area contributed by atoms with Crippen molar-refractivity contribution in [2.75, 3.05) is 0 Å². The molecule has 1 aliphatic carbocycles. The Hall–Kier alpha value is -1.22. The van der Waals surface area contributed by atoms with Crippen LogP contribution in [0.15, 0.2) is 18.2 Å². The van der Waals surface area contributed by atoms with Gasteiger partial charge in [-0.25, -0.2) is 0 Å². The second-order valence-electron chi connectivity index (χ2n) is 4.26. The van der Waals surface area contributed by atoms with Crippen LogP contribution in [0.3, 0.4) is 0 Å².